The van der Waals surface area contributed by atoms with E-state index < -0.39 is 6.61 Å². The molecule has 21 heavy (non-hydrogen) atoms. The molecule has 0 bridgehead atoms. The Hall–Kier alpha value is -0.680. The van der Waals surface area contributed by atoms with E-state index in [4.69, 9.17) is 0 Å². The summed E-state index contributed by atoms with van der Waals surface area (Å²) in [4.78, 5) is 0. The number of rotatable bonds is 10. The fourth-order valence-electron chi connectivity index (χ4n) is 2.25. The van der Waals surface area contributed by atoms with Crippen molar-refractivity contribution in [1.29, 1.82) is 0 Å². The summed E-state index contributed by atoms with van der Waals surface area (Å²) in [6.07, 6.45) is 4.77. The van der Waals surface area contributed by atoms with Crippen molar-refractivity contribution < 1.29 is 13.5 Å². The van der Waals surface area contributed by atoms with Crippen molar-refractivity contribution in [3.8, 4) is 5.75 Å². The third-order valence-electron chi connectivity index (χ3n) is 3.53. The van der Waals surface area contributed by atoms with Gasteiger partial charge in [0.15, 0.2) is 0 Å². The lowest BCUT2D eigenvalue weighted by Gasteiger charge is -2.17. The predicted octanol–water partition coefficient (Wildman–Crippen LogP) is 5.36. The molecule has 0 amide bonds. The monoisotopic (exact) mass is 363 g/mol. The Labute approximate surface area is 134 Å². The van der Waals surface area contributed by atoms with Gasteiger partial charge in [-0.15, -0.1) is 0 Å². The molecule has 0 saturated carbocycles. The molecule has 0 radical (unpaired) electrons. The van der Waals surface area contributed by atoms with Crippen LogP contribution in [0.3, 0.4) is 0 Å². The summed E-state index contributed by atoms with van der Waals surface area (Å²) in [5, 5.41) is 3.36. The van der Waals surface area contributed by atoms with Crippen LogP contribution in [-0.2, 0) is 6.54 Å². The molecule has 1 atom stereocenters. The maximum Gasteiger partial charge on any atom is 0.387 e. The first-order valence-corrected chi connectivity index (χ1v) is 8.30. The molecule has 0 aliphatic carbocycles. The second kappa shape index (κ2) is 10.1. The van der Waals surface area contributed by atoms with Crippen LogP contribution in [0.15, 0.2) is 22.7 Å². The minimum absolute atomic E-state index is 0.238. The van der Waals surface area contributed by atoms with E-state index in [0.29, 0.717) is 12.5 Å². The Kier molecular flexibility index (Phi) is 8.85. The van der Waals surface area contributed by atoms with Crippen LogP contribution in [0.25, 0.3) is 0 Å². The van der Waals surface area contributed by atoms with Gasteiger partial charge in [0.25, 0.3) is 0 Å². The molecule has 0 spiro atoms. The number of hydrogen-bond donors (Lipinski definition) is 1. The van der Waals surface area contributed by atoms with Crippen LogP contribution in [0, 0.1) is 5.92 Å². The maximum absolute atomic E-state index is 12.4. The van der Waals surface area contributed by atoms with Gasteiger partial charge in [0, 0.05) is 16.6 Å². The number of nitrogens with one attached hydrogen (secondary N) is 1. The number of unbranched alkanes of at least 4 members (excludes halogenated alkanes) is 1. The molecule has 0 fully saturated rings. The average Bonchev–Trinajstić information content (AvgIpc) is 2.45. The van der Waals surface area contributed by atoms with Gasteiger partial charge in [0.1, 0.15) is 5.75 Å². The van der Waals surface area contributed by atoms with Gasteiger partial charge in [-0.1, -0.05) is 49.0 Å². The molecule has 0 aliphatic heterocycles. The molecule has 1 aromatic carbocycles. The van der Waals surface area contributed by atoms with Crippen LogP contribution in [0.5, 0.6) is 5.75 Å². The molecule has 0 aromatic heterocycles. The number of hydrogen-bond acceptors (Lipinski definition) is 2. The first-order chi connectivity index (χ1) is 10.1. The van der Waals surface area contributed by atoms with Crippen LogP contribution < -0.4 is 10.1 Å². The molecule has 1 unspecified atom stereocenters. The Bertz CT molecular complexity index is 415. The van der Waals surface area contributed by atoms with Crippen LogP contribution in [0.1, 0.15) is 45.1 Å². The van der Waals surface area contributed by atoms with Crippen molar-refractivity contribution in [3.05, 3.63) is 28.2 Å². The third kappa shape index (κ3) is 7.23. The van der Waals surface area contributed by atoms with Gasteiger partial charge in [0.05, 0.1) is 0 Å². The van der Waals surface area contributed by atoms with Crippen molar-refractivity contribution in [2.45, 2.75) is 52.7 Å². The molecule has 1 N–H and O–H groups in total. The summed E-state index contributed by atoms with van der Waals surface area (Å²) in [6, 6.07) is 5.09. The summed E-state index contributed by atoms with van der Waals surface area (Å²) in [5.41, 5.74) is 0.745. The van der Waals surface area contributed by atoms with Gasteiger partial charge >= 0.3 is 6.61 Å². The fourth-order valence-corrected chi connectivity index (χ4v) is 2.66. The molecule has 1 aromatic rings. The van der Waals surface area contributed by atoms with Crippen LogP contribution >= 0.6 is 15.9 Å². The normalized spacial score (nSPS) is 12.7. The lowest BCUT2D eigenvalue weighted by atomic mass is 9.99. The highest BCUT2D eigenvalue weighted by Crippen LogP contribution is 2.25. The van der Waals surface area contributed by atoms with Crippen LogP contribution in [-0.4, -0.2) is 13.2 Å². The predicted molar refractivity (Wildman–Crippen MR) is 85.8 cm³/mol. The summed E-state index contributed by atoms with van der Waals surface area (Å²) in [5.74, 6) is 0.874. The lowest BCUT2D eigenvalue weighted by Crippen LogP contribution is -2.22. The first-order valence-electron chi connectivity index (χ1n) is 7.50. The summed E-state index contributed by atoms with van der Waals surface area (Å²) in [7, 11) is 0. The topological polar surface area (TPSA) is 21.3 Å². The minimum atomic E-state index is -2.79. The zero-order chi connectivity index (χ0) is 15.7. The Balaban J connectivity index is 2.55. The van der Waals surface area contributed by atoms with E-state index in [2.05, 4.69) is 39.8 Å². The van der Waals surface area contributed by atoms with Gasteiger partial charge in [-0.25, -0.2) is 0 Å². The Morgan fingerprint density at radius 2 is 2.05 bits per heavy atom. The SMILES string of the molecule is CCCCC(CC)CNCc1cc(Br)ccc1OC(F)F. The standard InChI is InChI=1S/C16H24BrF2NO/c1-3-5-6-12(4-2)10-20-11-13-9-14(17)7-8-15(13)21-16(18)19/h7-9,12,16,20H,3-6,10-11H2,1-2H3. The largest absolute Gasteiger partial charge is 0.434 e. The zero-order valence-corrected chi connectivity index (χ0v) is 14.3. The highest BCUT2D eigenvalue weighted by Gasteiger charge is 2.11. The Morgan fingerprint density at radius 1 is 1.29 bits per heavy atom. The van der Waals surface area contributed by atoms with Gasteiger partial charge in [-0.3, -0.25) is 0 Å². The van der Waals surface area contributed by atoms with Crippen LogP contribution in [0.4, 0.5) is 8.78 Å². The Morgan fingerprint density at radius 3 is 2.67 bits per heavy atom. The van der Waals surface area contributed by atoms with Crippen molar-refractivity contribution in [2.24, 2.45) is 5.92 Å². The molecular weight excluding hydrogens is 340 g/mol. The number of benzene rings is 1. The molecule has 2 nitrogen and oxygen atoms in total. The van der Waals surface area contributed by atoms with Crippen molar-refractivity contribution in [2.75, 3.05) is 6.54 Å². The number of ether oxygens (including phenoxy) is 1. The second-order valence-electron chi connectivity index (χ2n) is 5.18. The zero-order valence-electron chi connectivity index (χ0n) is 12.7. The minimum Gasteiger partial charge on any atom is -0.434 e. The van der Waals surface area contributed by atoms with E-state index in [1.807, 2.05) is 6.07 Å². The lowest BCUT2D eigenvalue weighted by molar-refractivity contribution is -0.0505. The summed E-state index contributed by atoms with van der Waals surface area (Å²) < 4.78 is 30.2. The van der Waals surface area contributed by atoms with Gasteiger partial charge in [-0.05, 0) is 37.1 Å². The van der Waals surface area contributed by atoms with Crippen molar-refractivity contribution in [1.82, 2.24) is 5.32 Å². The molecule has 1 rings (SSSR count). The van der Waals surface area contributed by atoms with E-state index in [1.54, 1.807) is 12.1 Å². The molecule has 0 saturated heterocycles. The van der Waals surface area contributed by atoms with Gasteiger partial charge in [-0.2, -0.15) is 8.78 Å². The quantitative estimate of drug-likeness (QED) is 0.604. The molecule has 0 aliphatic rings. The van der Waals surface area contributed by atoms with E-state index in [9.17, 15) is 8.78 Å². The molecule has 0 heterocycles. The first kappa shape index (κ1) is 18.4. The summed E-state index contributed by atoms with van der Waals surface area (Å²) in [6.45, 7) is 3.02. The van der Waals surface area contributed by atoms with Crippen LogP contribution in [0.2, 0.25) is 0 Å². The fraction of sp³-hybridized carbons (Fsp3) is 0.625. The second-order valence-corrected chi connectivity index (χ2v) is 6.09. The van der Waals surface area contributed by atoms with Crippen molar-refractivity contribution in [3.63, 3.8) is 0 Å². The summed E-state index contributed by atoms with van der Waals surface area (Å²) >= 11 is 3.36. The average molecular weight is 364 g/mol. The number of alkyl halides is 2. The molecule has 5 heteroatoms. The third-order valence-corrected chi connectivity index (χ3v) is 4.02. The van der Waals surface area contributed by atoms with E-state index in [0.717, 1.165) is 23.0 Å². The highest BCUT2D eigenvalue weighted by molar-refractivity contribution is 9.10. The van der Waals surface area contributed by atoms with Gasteiger partial charge in [0.2, 0.25) is 0 Å². The molecule has 120 valence electrons. The highest BCUT2D eigenvalue weighted by atomic mass is 79.9. The smallest absolute Gasteiger partial charge is 0.387 e. The van der Waals surface area contributed by atoms with E-state index in [-0.39, 0.29) is 5.75 Å². The van der Waals surface area contributed by atoms with E-state index >= 15 is 0 Å². The maximum atomic E-state index is 12.4. The van der Waals surface area contributed by atoms with Crippen molar-refractivity contribution >= 4 is 15.9 Å². The van der Waals surface area contributed by atoms with Gasteiger partial charge < -0.3 is 10.1 Å². The van der Waals surface area contributed by atoms with E-state index in [1.165, 1.54) is 19.3 Å². The molecular formula is C16H24BrF2NO. The number of halogens is 3.